The van der Waals surface area contributed by atoms with Crippen molar-refractivity contribution < 1.29 is 23.2 Å². The molecule has 1 aliphatic rings. The van der Waals surface area contributed by atoms with Gasteiger partial charge in [-0.15, -0.1) is 0 Å². The molecule has 1 saturated heterocycles. The largest absolute Gasteiger partial charge is 0.458 e. The average Bonchev–Trinajstić information content (AvgIpc) is 2.58. The van der Waals surface area contributed by atoms with Gasteiger partial charge in [-0.2, -0.15) is 0 Å². The van der Waals surface area contributed by atoms with Crippen molar-refractivity contribution in [2.45, 2.75) is 12.2 Å². The van der Waals surface area contributed by atoms with Crippen LogP contribution in [0.3, 0.4) is 0 Å². The summed E-state index contributed by atoms with van der Waals surface area (Å²) in [6.07, 6.45) is 0.466. The predicted octanol–water partition coefficient (Wildman–Crippen LogP) is -1.75. The molecule has 0 amide bonds. The van der Waals surface area contributed by atoms with Gasteiger partial charge in [-0.1, -0.05) is 0 Å². The third-order valence-electron chi connectivity index (χ3n) is 2.53. The average molecular weight is 251 g/mol. The summed E-state index contributed by atoms with van der Waals surface area (Å²) in [6.45, 7) is 1.37. The van der Waals surface area contributed by atoms with E-state index in [1.807, 2.05) is 0 Å². The van der Waals surface area contributed by atoms with E-state index in [-0.39, 0.29) is 23.9 Å². The quantitative estimate of drug-likeness (QED) is 0.367. The summed E-state index contributed by atoms with van der Waals surface area (Å²) in [7, 11) is -3.97. The van der Waals surface area contributed by atoms with Crippen LogP contribution in [0.25, 0.3) is 0 Å². The van der Waals surface area contributed by atoms with E-state index in [0.29, 0.717) is 26.1 Å². The van der Waals surface area contributed by atoms with Crippen molar-refractivity contribution in [1.29, 1.82) is 0 Å². The van der Waals surface area contributed by atoms with Crippen molar-refractivity contribution in [2.75, 3.05) is 37.8 Å². The highest BCUT2D eigenvalue weighted by atomic mass is 32.2. The summed E-state index contributed by atoms with van der Waals surface area (Å²) in [5.41, 5.74) is 0. The summed E-state index contributed by atoms with van der Waals surface area (Å²) in [4.78, 5) is 0. The molecule has 1 rings (SSSR count). The fourth-order valence-corrected chi connectivity index (χ4v) is 3.45. The van der Waals surface area contributed by atoms with Gasteiger partial charge in [-0.3, -0.25) is 0 Å². The second kappa shape index (κ2) is 6.56. The topological polar surface area (TPSA) is 95.9 Å². The summed E-state index contributed by atoms with van der Waals surface area (Å²) < 4.78 is 27.4. The van der Waals surface area contributed by atoms with Crippen LogP contribution >= 0.6 is 0 Å². The first-order valence-electron chi connectivity index (χ1n) is 5.37. The Morgan fingerprint density at radius 2 is 2.19 bits per heavy atom. The van der Waals surface area contributed by atoms with E-state index in [2.05, 4.69) is 5.32 Å². The van der Waals surface area contributed by atoms with E-state index in [1.165, 1.54) is 0 Å². The molecule has 1 fully saturated rings. The minimum absolute atomic E-state index is 0.0121. The summed E-state index contributed by atoms with van der Waals surface area (Å²) in [5, 5.41) is 21.0. The van der Waals surface area contributed by atoms with Gasteiger partial charge in [0.1, 0.15) is 9.84 Å². The Hall–Kier alpha value is -0.145. The SMILES string of the molecule is O=S1(=O)CC[C@H](B(O)OCCNCCO)C1. The highest BCUT2D eigenvalue weighted by Gasteiger charge is 2.37. The number of aliphatic hydroxyl groups excluding tert-OH is 1. The zero-order chi connectivity index (χ0) is 12.0. The number of hydrogen-bond donors (Lipinski definition) is 3. The molecule has 0 aromatic heterocycles. The number of sulfone groups is 1. The maximum atomic E-state index is 11.2. The monoisotopic (exact) mass is 251 g/mol. The normalized spacial score (nSPS) is 23.5. The van der Waals surface area contributed by atoms with Crippen LogP contribution < -0.4 is 5.32 Å². The third-order valence-corrected chi connectivity index (χ3v) is 4.32. The number of hydrogen-bond acceptors (Lipinski definition) is 6. The van der Waals surface area contributed by atoms with Crippen LogP contribution in [-0.2, 0) is 14.5 Å². The van der Waals surface area contributed by atoms with Gasteiger partial charge >= 0.3 is 7.12 Å². The van der Waals surface area contributed by atoms with E-state index >= 15 is 0 Å². The lowest BCUT2D eigenvalue weighted by Crippen LogP contribution is -2.30. The van der Waals surface area contributed by atoms with Crippen LogP contribution in [0.2, 0.25) is 5.82 Å². The molecule has 1 atom stereocenters. The molecule has 8 heteroatoms. The first-order valence-corrected chi connectivity index (χ1v) is 7.19. The fourth-order valence-electron chi connectivity index (χ4n) is 1.64. The number of rotatable bonds is 7. The van der Waals surface area contributed by atoms with Gasteiger partial charge in [0.2, 0.25) is 0 Å². The second-order valence-electron chi connectivity index (χ2n) is 3.90. The zero-order valence-corrected chi connectivity index (χ0v) is 9.95. The maximum Gasteiger partial charge on any atom is 0.458 e. The molecule has 0 saturated carbocycles. The van der Waals surface area contributed by atoms with Crippen molar-refractivity contribution in [3.05, 3.63) is 0 Å². The molecule has 1 heterocycles. The molecule has 0 aromatic carbocycles. The molecule has 0 aliphatic carbocycles. The lowest BCUT2D eigenvalue weighted by molar-refractivity contribution is 0.241. The summed E-state index contributed by atoms with van der Waals surface area (Å²) in [5.74, 6) is -0.151. The maximum absolute atomic E-state index is 11.2. The van der Waals surface area contributed by atoms with Crippen molar-refractivity contribution in [2.24, 2.45) is 0 Å². The molecule has 0 radical (unpaired) electrons. The van der Waals surface area contributed by atoms with Crippen molar-refractivity contribution >= 4 is 17.0 Å². The van der Waals surface area contributed by atoms with Crippen LogP contribution in [0.15, 0.2) is 0 Å². The minimum Gasteiger partial charge on any atom is -0.427 e. The lowest BCUT2D eigenvalue weighted by atomic mass is 9.72. The van der Waals surface area contributed by atoms with E-state index in [1.54, 1.807) is 0 Å². The molecule has 0 spiro atoms. The third kappa shape index (κ3) is 4.79. The van der Waals surface area contributed by atoms with Crippen molar-refractivity contribution in [3.63, 3.8) is 0 Å². The zero-order valence-electron chi connectivity index (χ0n) is 9.13. The van der Waals surface area contributed by atoms with Crippen molar-refractivity contribution in [3.8, 4) is 0 Å². The molecule has 0 bridgehead atoms. The van der Waals surface area contributed by atoms with Crippen LogP contribution in [0, 0.1) is 0 Å². The molecule has 6 nitrogen and oxygen atoms in total. The second-order valence-corrected chi connectivity index (χ2v) is 6.13. The predicted molar refractivity (Wildman–Crippen MR) is 60.9 cm³/mol. The number of aliphatic hydroxyl groups is 1. The standard InChI is InChI=1S/C8H18BNO5S/c11-4-2-10-3-5-15-9(12)8-1-6-16(13,14)7-8/h8,10-12H,1-7H2/t8-/m0/s1. The molecule has 3 N–H and O–H groups in total. The summed E-state index contributed by atoms with van der Waals surface area (Å²) in [6, 6.07) is 0. The molecule has 0 unspecified atom stereocenters. The van der Waals surface area contributed by atoms with Crippen molar-refractivity contribution in [1.82, 2.24) is 5.32 Å². The van der Waals surface area contributed by atoms with Gasteiger partial charge < -0.3 is 20.1 Å². The Bertz CT molecular complexity index is 297. The number of nitrogens with one attached hydrogen (secondary N) is 1. The first-order chi connectivity index (χ1) is 7.55. The smallest absolute Gasteiger partial charge is 0.427 e. The lowest BCUT2D eigenvalue weighted by Gasteiger charge is -2.12. The van der Waals surface area contributed by atoms with Gasteiger partial charge in [0, 0.05) is 31.3 Å². The van der Waals surface area contributed by atoms with E-state index in [9.17, 15) is 13.4 Å². The molecular formula is C8H18BNO5S. The molecule has 0 aromatic rings. The van der Waals surface area contributed by atoms with Crippen LogP contribution in [0.1, 0.15) is 6.42 Å². The highest BCUT2D eigenvalue weighted by Crippen LogP contribution is 2.25. The fraction of sp³-hybridized carbons (Fsp3) is 1.00. The Labute approximate surface area is 96.1 Å². The Morgan fingerprint density at radius 1 is 1.44 bits per heavy atom. The van der Waals surface area contributed by atoms with E-state index < -0.39 is 17.0 Å². The van der Waals surface area contributed by atoms with Crippen LogP contribution in [0.5, 0.6) is 0 Å². The Morgan fingerprint density at radius 3 is 2.75 bits per heavy atom. The van der Waals surface area contributed by atoms with E-state index in [4.69, 9.17) is 9.76 Å². The molecule has 1 aliphatic heterocycles. The van der Waals surface area contributed by atoms with Gasteiger partial charge in [0.15, 0.2) is 0 Å². The van der Waals surface area contributed by atoms with E-state index in [0.717, 1.165) is 0 Å². The molecule has 16 heavy (non-hydrogen) atoms. The Kier molecular flexibility index (Phi) is 5.70. The summed E-state index contributed by atoms with van der Waals surface area (Å²) >= 11 is 0. The van der Waals surface area contributed by atoms with Gasteiger partial charge in [0.05, 0.1) is 12.4 Å². The van der Waals surface area contributed by atoms with Gasteiger partial charge in [-0.05, 0) is 6.42 Å². The Balaban J connectivity index is 2.14. The molecule has 94 valence electrons. The minimum atomic E-state index is -2.97. The van der Waals surface area contributed by atoms with Gasteiger partial charge in [0.25, 0.3) is 0 Å². The first kappa shape index (κ1) is 13.9. The van der Waals surface area contributed by atoms with Crippen LogP contribution in [-0.4, -0.2) is 63.5 Å². The van der Waals surface area contributed by atoms with Crippen LogP contribution in [0.4, 0.5) is 0 Å². The molecular weight excluding hydrogens is 233 g/mol. The highest BCUT2D eigenvalue weighted by molar-refractivity contribution is 7.91. The van der Waals surface area contributed by atoms with Gasteiger partial charge in [-0.25, -0.2) is 8.42 Å².